The minimum atomic E-state index is -0.709. The van der Waals surface area contributed by atoms with Gasteiger partial charge in [0, 0.05) is 29.0 Å². The Morgan fingerprint density at radius 1 is 1.48 bits per heavy atom. The van der Waals surface area contributed by atoms with Gasteiger partial charge in [-0.2, -0.15) is 0 Å². The normalized spacial score (nSPS) is 12.2. The summed E-state index contributed by atoms with van der Waals surface area (Å²) < 4.78 is 0.965. The molecule has 7 heteroatoms. The van der Waals surface area contributed by atoms with E-state index in [0.29, 0.717) is 16.4 Å². The molecule has 0 radical (unpaired) electrons. The Bertz CT molecular complexity index is 657. The maximum atomic E-state index is 11.2. The average molecular weight is 371 g/mol. The summed E-state index contributed by atoms with van der Waals surface area (Å²) in [5.74, 6) is 0. The molecular formula is C14H15BrN2O3S. The Kier molecular flexibility index (Phi) is 4.97. The predicted molar refractivity (Wildman–Crippen MR) is 87.9 cm³/mol. The van der Waals surface area contributed by atoms with Crippen LogP contribution in [0.15, 0.2) is 34.8 Å². The molecule has 0 saturated heterocycles. The Balaban J connectivity index is 2.32. The molecule has 5 nitrogen and oxygen atoms in total. The zero-order chi connectivity index (χ0) is 15.6. The first-order chi connectivity index (χ1) is 9.90. The van der Waals surface area contributed by atoms with Crippen molar-refractivity contribution in [2.24, 2.45) is 0 Å². The molecule has 1 N–H and O–H groups in total. The monoisotopic (exact) mass is 370 g/mol. The van der Waals surface area contributed by atoms with E-state index in [1.165, 1.54) is 17.4 Å². The number of thiophene rings is 1. The maximum Gasteiger partial charge on any atom is 0.304 e. The summed E-state index contributed by atoms with van der Waals surface area (Å²) in [4.78, 5) is 13.2. The highest BCUT2D eigenvalue weighted by molar-refractivity contribution is 9.10. The van der Waals surface area contributed by atoms with Crippen LogP contribution in [0.5, 0.6) is 0 Å². The van der Waals surface area contributed by atoms with Crippen LogP contribution in [-0.2, 0) is 6.54 Å². The van der Waals surface area contributed by atoms with Gasteiger partial charge < -0.3 is 10.0 Å². The second-order valence-corrected chi connectivity index (χ2v) is 6.64. The summed E-state index contributed by atoms with van der Waals surface area (Å²) >= 11 is 4.72. The van der Waals surface area contributed by atoms with Gasteiger partial charge in [0.25, 0.3) is 0 Å². The van der Waals surface area contributed by atoms with Crippen molar-refractivity contribution in [3.63, 3.8) is 0 Å². The second-order valence-electron chi connectivity index (χ2n) is 4.72. The van der Waals surface area contributed by atoms with Crippen molar-refractivity contribution in [1.82, 2.24) is 0 Å². The van der Waals surface area contributed by atoms with E-state index in [2.05, 4.69) is 15.9 Å². The van der Waals surface area contributed by atoms with Gasteiger partial charge in [-0.1, -0.05) is 34.1 Å². The highest BCUT2D eigenvalue weighted by Gasteiger charge is 2.24. The van der Waals surface area contributed by atoms with Crippen LogP contribution in [0.1, 0.15) is 23.5 Å². The van der Waals surface area contributed by atoms with Crippen LogP contribution in [0.3, 0.4) is 0 Å². The van der Waals surface area contributed by atoms with Crippen LogP contribution in [0.25, 0.3) is 0 Å². The summed E-state index contributed by atoms with van der Waals surface area (Å²) in [6.45, 7) is 2.15. The molecule has 21 heavy (non-hydrogen) atoms. The van der Waals surface area contributed by atoms with Crippen LogP contribution in [0.2, 0.25) is 0 Å². The number of benzene rings is 1. The third-order valence-corrected chi connectivity index (χ3v) is 5.22. The van der Waals surface area contributed by atoms with E-state index in [1.54, 1.807) is 6.92 Å². The lowest BCUT2D eigenvalue weighted by Gasteiger charge is -2.17. The molecule has 112 valence electrons. The highest BCUT2D eigenvalue weighted by atomic mass is 79.9. The van der Waals surface area contributed by atoms with Crippen molar-refractivity contribution >= 4 is 38.0 Å². The fourth-order valence-electron chi connectivity index (χ4n) is 1.95. The number of nitrogens with zero attached hydrogens (tertiary/aromatic N) is 2. The van der Waals surface area contributed by atoms with Gasteiger partial charge in [0.1, 0.15) is 0 Å². The Morgan fingerprint density at radius 2 is 2.14 bits per heavy atom. The van der Waals surface area contributed by atoms with Crippen molar-refractivity contribution in [1.29, 1.82) is 0 Å². The summed E-state index contributed by atoms with van der Waals surface area (Å²) in [6, 6.07) is 9.20. The molecule has 0 amide bonds. The van der Waals surface area contributed by atoms with E-state index in [-0.39, 0.29) is 5.69 Å². The Morgan fingerprint density at radius 3 is 2.71 bits per heavy atom. The minimum Gasteiger partial charge on any atom is -0.388 e. The largest absolute Gasteiger partial charge is 0.388 e. The molecule has 0 bridgehead atoms. The lowest BCUT2D eigenvalue weighted by molar-refractivity contribution is -0.383. The van der Waals surface area contributed by atoms with Gasteiger partial charge in [-0.15, -0.1) is 11.3 Å². The Labute approximate surface area is 135 Å². The van der Waals surface area contributed by atoms with E-state index in [0.717, 1.165) is 10.0 Å². The molecule has 2 rings (SSSR count). The van der Waals surface area contributed by atoms with Gasteiger partial charge in [-0.05, 0) is 18.6 Å². The fraction of sp³-hybridized carbons (Fsp3) is 0.286. The van der Waals surface area contributed by atoms with Gasteiger partial charge in [-0.25, -0.2) is 0 Å². The SMILES string of the molecule is C[C@@H](O)c1cc([N+](=O)[O-])c(N(C)Cc2ccccc2Br)s1. The smallest absolute Gasteiger partial charge is 0.304 e. The molecule has 0 aliphatic carbocycles. The third kappa shape index (κ3) is 3.61. The first kappa shape index (κ1) is 15.9. The van der Waals surface area contributed by atoms with Gasteiger partial charge in [0.15, 0.2) is 5.00 Å². The number of aliphatic hydroxyl groups is 1. The molecule has 1 heterocycles. The molecule has 0 saturated carbocycles. The van der Waals surface area contributed by atoms with Crippen LogP contribution in [-0.4, -0.2) is 17.1 Å². The van der Waals surface area contributed by atoms with E-state index in [4.69, 9.17) is 0 Å². The van der Waals surface area contributed by atoms with Gasteiger partial charge in [-0.3, -0.25) is 10.1 Å². The van der Waals surface area contributed by atoms with Gasteiger partial charge >= 0.3 is 5.69 Å². The first-order valence-electron chi connectivity index (χ1n) is 6.31. The minimum absolute atomic E-state index is 0.0328. The van der Waals surface area contributed by atoms with E-state index in [1.807, 2.05) is 36.2 Å². The van der Waals surface area contributed by atoms with Crippen LogP contribution < -0.4 is 4.90 Å². The average Bonchev–Trinajstić information content (AvgIpc) is 2.87. The van der Waals surface area contributed by atoms with Crippen LogP contribution >= 0.6 is 27.3 Å². The standard InChI is InChI=1S/C14H15BrN2O3S/c1-9(18)13-7-12(17(19)20)14(21-13)16(2)8-10-5-3-4-6-11(10)15/h3-7,9,18H,8H2,1-2H3/t9-/m1/s1. The van der Waals surface area contributed by atoms with Crippen molar-refractivity contribution < 1.29 is 10.0 Å². The van der Waals surface area contributed by atoms with Crippen LogP contribution in [0.4, 0.5) is 10.7 Å². The molecule has 1 aromatic carbocycles. The molecular weight excluding hydrogens is 356 g/mol. The van der Waals surface area contributed by atoms with E-state index in [9.17, 15) is 15.2 Å². The van der Waals surface area contributed by atoms with Gasteiger partial charge in [0.2, 0.25) is 0 Å². The van der Waals surface area contributed by atoms with Crippen molar-refractivity contribution in [3.8, 4) is 0 Å². The van der Waals surface area contributed by atoms with Gasteiger partial charge in [0.05, 0.1) is 11.0 Å². The summed E-state index contributed by atoms with van der Waals surface area (Å²) in [6.07, 6.45) is -0.709. The summed E-state index contributed by atoms with van der Waals surface area (Å²) in [5, 5.41) is 21.3. The lowest BCUT2D eigenvalue weighted by atomic mass is 10.2. The molecule has 0 spiro atoms. The van der Waals surface area contributed by atoms with Crippen molar-refractivity contribution in [2.45, 2.75) is 19.6 Å². The number of rotatable bonds is 5. The number of hydrogen-bond acceptors (Lipinski definition) is 5. The number of aliphatic hydroxyl groups excluding tert-OH is 1. The maximum absolute atomic E-state index is 11.2. The predicted octanol–water partition coefficient (Wildman–Crippen LogP) is 4.11. The number of halogens is 1. The molecule has 0 fully saturated rings. The van der Waals surface area contributed by atoms with Crippen molar-refractivity contribution in [3.05, 3.63) is 55.4 Å². The molecule has 0 aliphatic rings. The molecule has 0 aliphatic heterocycles. The first-order valence-corrected chi connectivity index (χ1v) is 7.92. The molecule has 2 aromatic rings. The highest BCUT2D eigenvalue weighted by Crippen LogP contribution is 2.40. The number of hydrogen-bond donors (Lipinski definition) is 1. The lowest BCUT2D eigenvalue weighted by Crippen LogP contribution is -2.16. The molecule has 1 atom stereocenters. The molecule has 0 unspecified atom stereocenters. The van der Waals surface area contributed by atoms with Crippen LogP contribution in [0, 0.1) is 10.1 Å². The topological polar surface area (TPSA) is 66.6 Å². The van der Waals surface area contributed by atoms with Crippen molar-refractivity contribution in [2.75, 3.05) is 11.9 Å². The zero-order valence-electron chi connectivity index (χ0n) is 11.6. The number of nitro groups is 1. The fourth-order valence-corrected chi connectivity index (χ4v) is 3.39. The summed E-state index contributed by atoms with van der Waals surface area (Å²) in [5.41, 5.74) is 1.08. The zero-order valence-corrected chi connectivity index (χ0v) is 14.0. The third-order valence-electron chi connectivity index (χ3n) is 3.03. The quantitative estimate of drug-likeness (QED) is 0.635. The number of anilines is 1. The van der Waals surface area contributed by atoms with E-state index >= 15 is 0 Å². The molecule has 1 aromatic heterocycles. The van der Waals surface area contributed by atoms with E-state index < -0.39 is 11.0 Å². The summed E-state index contributed by atoms with van der Waals surface area (Å²) in [7, 11) is 1.81. The second kappa shape index (κ2) is 6.55. The Hall–Kier alpha value is -1.44.